The molecule has 0 aromatic carbocycles. The monoisotopic (exact) mass is 220 g/mol. The highest BCUT2D eigenvalue weighted by atomic mass is 16.5. The lowest BCUT2D eigenvalue weighted by Gasteiger charge is -2.35. The van der Waals surface area contributed by atoms with Crippen LogP contribution in [0.15, 0.2) is 18.3 Å². The van der Waals surface area contributed by atoms with Crippen molar-refractivity contribution in [2.45, 2.75) is 32.2 Å². The van der Waals surface area contributed by atoms with Crippen molar-refractivity contribution in [1.29, 1.82) is 0 Å². The van der Waals surface area contributed by atoms with Gasteiger partial charge in [-0.05, 0) is 32.0 Å². The van der Waals surface area contributed by atoms with Crippen LogP contribution in [-0.2, 0) is 0 Å². The van der Waals surface area contributed by atoms with Crippen LogP contribution in [0.3, 0.4) is 0 Å². The summed E-state index contributed by atoms with van der Waals surface area (Å²) in [7, 11) is 1.70. The highest BCUT2D eigenvalue weighted by Crippen LogP contribution is 2.34. The number of methoxy groups -OCH3 is 1. The van der Waals surface area contributed by atoms with Gasteiger partial charge in [-0.1, -0.05) is 19.4 Å². The summed E-state index contributed by atoms with van der Waals surface area (Å²) in [6.07, 6.45) is 5.63. The minimum Gasteiger partial charge on any atom is -0.481 e. The molecular weight excluding hydrogens is 200 g/mol. The van der Waals surface area contributed by atoms with Crippen molar-refractivity contribution in [3.05, 3.63) is 23.9 Å². The summed E-state index contributed by atoms with van der Waals surface area (Å²) in [6.45, 7) is 4.52. The van der Waals surface area contributed by atoms with Gasteiger partial charge >= 0.3 is 0 Å². The molecule has 1 atom stereocenters. The SMILES string of the molecule is CCN1CCCC[C@H]1c1cccnc1OC. The lowest BCUT2D eigenvalue weighted by atomic mass is 9.96. The molecule has 0 aliphatic carbocycles. The maximum absolute atomic E-state index is 5.35. The van der Waals surface area contributed by atoms with Crippen LogP contribution >= 0.6 is 0 Å². The van der Waals surface area contributed by atoms with Crippen LogP contribution in [0, 0.1) is 0 Å². The lowest BCUT2D eigenvalue weighted by molar-refractivity contribution is 0.153. The van der Waals surface area contributed by atoms with Crippen LogP contribution in [0.4, 0.5) is 0 Å². The van der Waals surface area contributed by atoms with E-state index in [0.29, 0.717) is 6.04 Å². The fraction of sp³-hybridized carbons (Fsp3) is 0.615. The Labute approximate surface area is 97.4 Å². The number of hydrogen-bond donors (Lipinski definition) is 0. The molecule has 1 aromatic heterocycles. The highest BCUT2D eigenvalue weighted by Gasteiger charge is 2.25. The smallest absolute Gasteiger partial charge is 0.217 e. The van der Waals surface area contributed by atoms with Crippen molar-refractivity contribution in [2.75, 3.05) is 20.2 Å². The third-order valence-electron chi connectivity index (χ3n) is 3.37. The Bertz CT molecular complexity index is 340. The molecule has 1 saturated heterocycles. The van der Waals surface area contributed by atoms with Gasteiger partial charge < -0.3 is 4.74 Å². The minimum absolute atomic E-state index is 0.488. The van der Waals surface area contributed by atoms with E-state index in [1.54, 1.807) is 13.3 Å². The third kappa shape index (κ3) is 2.19. The Morgan fingerprint density at radius 2 is 2.38 bits per heavy atom. The molecule has 1 fully saturated rings. The first-order valence-electron chi connectivity index (χ1n) is 6.09. The number of pyridine rings is 1. The predicted molar refractivity (Wildman–Crippen MR) is 64.6 cm³/mol. The second kappa shape index (κ2) is 5.30. The molecule has 0 unspecified atom stereocenters. The van der Waals surface area contributed by atoms with E-state index in [1.807, 2.05) is 6.07 Å². The Balaban J connectivity index is 2.26. The van der Waals surface area contributed by atoms with E-state index in [0.717, 1.165) is 12.4 Å². The zero-order valence-electron chi connectivity index (χ0n) is 10.1. The van der Waals surface area contributed by atoms with E-state index >= 15 is 0 Å². The van der Waals surface area contributed by atoms with E-state index < -0.39 is 0 Å². The third-order valence-corrected chi connectivity index (χ3v) is 3.37. The van der Waals surface area contributed by atoms with Gasteiger partial charge in [0, 0.05) is 17.8 Å². The summed E-state index contributed by atoms with van der Waals surface area (Å²) in [5, 5.41) is 0. The largest absolute Gasteiger partial charge is 0.481 e. The summed E-state index contributed by atoms with van der Waals surface area (Å²) in [6, 6.07) is 4.63. The predicted octanol–water partition coefficient (Wildman–Crippen LogP) is 2.64. The van der Waals surface area contributed by atoms with Gasteiger partial charge in [0.15, 0.2) is 0 Å². The Hall–Kier alpha value is -1.09. The van der Waals surface area contributed by atoms with E-state index in [2.05, 4.69) is 22.9 Å². The molecule has 0 spiro atoms. The van der Waals surface area contributed by atoms with Crippen LogP contribution in [0.5, 0.6) is 5.88 Å². The second-order valence-electron chi connectivity index (χ2n) is 4.24. The van der Waals surface area contributed by atoms with E-state index in [4.69, 9.17) is 4.74 Å². The molecule has 0 bridgehead atoms. The average Bonchev–Trinajstić information content (AvgIpc) is 2.38. The maximum atomic E-state index is 5.35. The number of likely N-dealkylation sites (tertiary alicyclic amines) is 1. The standard InChI is InChI=1S/C13H20N2O/c1-3-15-10-5-4-8-12(15)11-7-6-9-14-13(11)16-2/h6-7,9,12H,3-5,8,10H2,1-2H3/t12-/m0/s1. The molecule has 1 aliphatic rings. The van der Waals surface area contributed by atoms with Crippen molar-refractivity contribution in [1.82, 2.24) is 9.88 Å². The number of ether oxygens (including phenoxy) is 1. The number of aromatic nitrogens is 1. The summed E-state index contributed by atoms with van der Waals surface area (Å²) >= 11 is 0. The fourth-order valence-corrected chi connectivity index (χ4v) is 2.55. The van der Waals surface area contributed by atoms with Gasteiger partial charge in [0.2, 0.25) is 5.88 Å². The van der Waals surface area contributed by atoms with Crippen molar-refractivity contribution >= 4 is 0 Å². The van der Waals surface area contributed by atoms with Crippen molar-refractivity contribution in [3.63, 3.8) is 0 Å². The molecular formula is C13H20N2O. The Morgan fingerprint density at radius 3 is 3.12 bits per heavy atom. The molecule has 0 radical (unpaired) electrons. The summed E-state index contributed by atoms with van der Waals surface area (Å²) < 4.78 is 5.35. The molecule has 3 nitrogen and oxygen atoms in total. The number of piperidine rings is 1. The first kappa shape index (κ1) is 11.4. The molecule has 1 aromatic rings. The molecule has 0 saturated carbocycles. The van der Waals surface area contributed by atoms with Crippen molar-refractivity contribution < 1.29 is 4.74 Å². The zero-order chi connectivity index (χ0) is 11.4. The van der Waals surface area contributed by atoms with Crippen LogP contribution in [0.25, 0.3) is 0 Å². The zero-order valence-corrected chi connectivity index (χ0v) is 10.1. The normalized spacial score (nSPS) is 22.0. The first-order chi connectivity index (χ1) is 7.86. The van der Waals surface area contributed by atoms with Gasteiger partial charge in [-0.15, -0.1) is 0 Å². The molecule has 1 aliphatic heterocycles. The van der Waals surface area contributed by atoms with Crippen molar-refractivity contribution in [3.8, 4) is 5.88 Å². The number of nitrogens with zero attached hydrogens (tertiary/aromatic N) is 2. The van der Waals surface area contributed by atoms with Crippen LogP contribution in [-0.4, -0.2) is 30.1 Å². The van der Waals surface area contributed by atoms with Gasteiger partial charge in [-0.2, -0.15) is 0 Å². The Kier molecular flexibility index (Phi) is 3.78. The van der Waals surface area contributed by atoms with Gasteiger partial charge in [-0.3, -0.25) is 4.90 Å². The summed E-state index contributed by atoms with van der Waals surface area (Å²) in [5.41, 5.74) is 1.24. The topological polar surface area (TPSA) is 25.4 Å². The summed E-state index contributed by atoms with van der Waals surface area (Å²) in [4.78, 5) is 6.81. The molecule has 0 amide bonds. The van der Waals surface area contributed by atoms with Crippen molar-refractivity contribution in [2.24, 2.45) is 0 Å². The van der Waals surface area contributed by atoms with E-state index in [9.17, 15) is 0 Å². The van der Waals surface area contributed by atoms with E-state index in [1.165, 1.54) is 31.4 Å². The molecule has 16 heavy (non-hydrogen) atoms. The summed E-state index contributed by atoms with van der Waals surface area (Å²) in [5.74, 6) is 0.785. The molecule has 0 N–H and O–H groups in total. The van der Waals surface area contributed by atoms with Gasteiger partial charge in [0.05, 0.1) is 7.11 Å². The lowest BCUT2D eigenvalue weighted by Crippen LogP contribution is -2.33. The van der Waals surface area contributed by atoms with Gasteiger partial charge in [0.1, 0.15) is 0 Å². The molecule has 2 rings (SSSR count). The first-order valence-corrected chi connectivity index (χ1v) is 6.09. The fourth-order valence-electron chi connectivity index (χ4n) is 2.55. The molecule has 88 valence electrons. The quantitative estimate of drug-likeness (QED) is 0.783. The maximum Gasteiger partial charge on any atom is 0.217 e. The van der Waals surface area contributed by atoms with Crippen LogP contribution in [0.1, 0.15) is 37.8 Å². The van der Waals surface area contributed by atoms with Gasteiger partial charge in [0.25, 0.3) is 0 Å². The van der Waals surface area contributed by atoms with Gasteiger partial charge in [-0.25, -0.2) is 4.98 Å². The minimum atomic E-state index is 0.488. The molecule has 2 heterocycles. The highest BCUT2D eigenvalue weighted by molar-refractivity contribution is 5.29. The molecule has 3 heteroatoms. The van der Waals surface area contributed by atoms with Crippen LogP contribution < -0.4 is 4.74 Å². The number of hydrogen-bond acceptors (Lipinski definition) is 3. The van der Waals surface area contributed by atoms with Crippen LogP contribution in [0.2, 0.25) is 0 Å². The average molecular weight is 220 g/mol. The Morgan fingerprint density at radius 1 is 1.50 bits per heavy atom. The number of rotatable bonds is 3. The van der Waals surface area contributed by atoms with E-state index in [-0.39, 0.29) is 0 Å². The second-order valence-corrected chi connectivity index (χ2v) is 4.24.